The van der Waals surface area contributed by atoms with Gasteiger partial charge in [0.2, 0.25) is 0 Å². The maximum atomic E-state index is 12.7. The summed E-state index contributed by atoms with van der Waals surface area (Å²) in [6, 6.07) is 18.3. The van der Waals surface area contributed by atoms with Crippen LogP contribution in [0.1, 0.15) is 10.4 Å². The molecule has 1 N–H and O–H groups in total. The molecular weight excluding hydrogens is 350 g/mol. The number of rotatable bonds is 2. The van der Waals surface area contributed by atoms with Crippen molar-refractivity contribution >= 4 is 44.0 Å². The highest BCUT2D eigenvalue weighted by Gasteiger charge is 2.35. The van der Waals surface area contributed by atoms with E-state index in [-0.39, 0.29) is 5.91 Å². The smallest absolute Gasteiger partial charge is 0.322 e. The van der Waals surface area contributed by atoms with Crippen LogP contribution in [0.3, 0.4) is 0 Å². The van der Waals surface area contributed by atoms with Gasteiger partial charge in [-0.05, 0) is 35.0 Å². The highest BCUT2D eigenvalue weighted by molar-refractivity contribution is 7.94. The Morgan fingerprint density at radius 2 is 1.58 bits per heavy atom. The van der Waals surface area contributed by atoms with Crippen LogP contribution in [0.4, 0.5) is 17.1 Å². The molecule has 0 bridgehead atoms. The molecule has 26 heavy (non-hydrogen) atoms. The van der Waals surface area contributed by atoms with E-state index < -0.39 is 10.2 Å². The zero-order valence-electron chi connectivity index (χ0n) is 14.3. The lowest BCUT2D eigenvalue weighted by atomic mass is 10.0. The quantitative estimate of drug-likeness (QED) is 0.756. The van der Waals surface area contributed by atoms with Gasteiger partial charge in [-0.15, -0.1) is 0 Å². The molecule has 3 aromatic rings. The van der Waals surface area contributed by atoms with Gasteiger partial charge in [-0.1, -0.05) is 36.4 Å². The Bertz CT molecular complexity index is 1140. The molecule has 0 saturated heterocycles. The Kier molecular flexibility index (Phi) is 3.62. The van der Waals surface area contributed by atoms with Crippen LogP contribution in [0.5, 0.6) is 0 Å². The molecule has 132 valence electrons. The minimum absolute atomic E-state index is 0.237. The van der Waals surface area contributed by atoms with Gasteiger partial charge < -0.3 is 5.32 Å². The van der Waals surface area contributed by atoms with Crippen LogP contribution < -0.4 is 13.9 Å². The van der Waals surface area contributed by atoms with E-state index in [9.17, 15) is 13.2 Å². The van der Waals surface area contributed by atoms with Crippen molar-refractivity contribution in [3.05, 3.63) is 66.2 Å². The summed E-state index contributed by atoms with van der Waals surface area (Å²) >= 11 is 0. The average Bonchev–Trinajstić information content (AvgIpc) is 2.81. The van der Waals surface area contributed by atoms with Gasteiger partial charge in [-0.2, -0.15) is 8.42 Å². The number of carbonyl (C=O) groups excluding carboxylic acids is 1. The minimum Gasteiger partial charge on any atom is -0.322 e. The van der Waals surface area contributed by atoms with E-state index >= 15 is 0 Å². The molecule has 7 heteroatoms. The number of amides is 1. The SMILES string of the molecule is CN1c2ccc(NC(=O)c3cccc4ccccc34)cc2N(C)S1(=O)=O. The average molecular weight is 367 g/mol. The first-order valence-corrected chi connectivity index (χ1v) is 9.45. The lowest BCUT2D eigenvalue weighted by Gasteiger charge is -2.13. The highest BCUT2D eigenvalue weighted by Crippen LogP contribution is 2.40. The second kappa shape index (κ2) is 5.74. The number of benzene rings is 3. The van der Waals surface area contributed by atoms with Gasteiger partial charge in [-0.25, -0.2) is 0 Å². The molecule has 0 fully saturated rings. The van der Waals surface area contributed by atoms with Crippen molar-refractivity contribution in [3.8, 4) is 0 Å². The van der Waals surface area contributed by atoms with Crippen LogP contribution >= 0.6 is 0 Å². The van der Waals surface area contributed by atoms with Crippen molar-refractivity contribution in [2.45, 2.75) is 0 Å². The molecule has 0 saturated carbocycles. The largest absolute Gasteiger partial charge is 0.326 e. The van der Waals surface area contributed by atoms with E-state index in [1.807, 2.05) is 36.4 Å². The Morgan fingerprint density at radius 3 is 2.38 bits per heavy atom. The highest BCUT2D eigenvalue weighted by atomic mass is 32.2. The van der Waals surface area contributed by atoms with Gasteiger partial charge in [0, 0.05) is 25.3 Å². The number of hydrogen-bond donors (Lipinski definition) is 1. The van der Waals surface area contributed by atoms with Crippen LogP contribution in [0.15, 0.2) is 60.7 Å². The first kappa shape index (κ1) is 16.4. The monoisotopic (exact) mass is 367 g/mol. The molecule has 4 rings (SSSR count). The van der Waals surface area contributed by atoms with Crippen LogP contribution in [0.25, 0.3) is 10.8 Å². The van der Waals surface area contributed by atoms with E-state index in [2.05, 4.69) is 5.32 Å². The molecule has 1 aliphatic rings. The van der Waals surface area contributed by atoms with Crippen molar-refractivity contribution in [2.24, 2.45) is 0 Å². The lowest BCUT2D eigenvalue weighted by Crippen LogP contribution is -2.32. The topological polar surface area (TPSA) is 69.7 Å². The molecule has 1 amide bonds. The maximum absolute atomic E-state index is 12.7. The number of hydrogen-bond acceptors (Lipinski definition) is 3. The van der Waals surface area contributed by atoms with Crippen molar-refractivity contribution in [1.82, 2.24) is 0 Å². The summed E-state index contributed by atoms with van der Waals surface area (Å²) in [7, 11) is -0.535. The predicted molar refractivity (Wildman–Crippen MR) is 104 cm³/mol. The molecule has 3 aromatic carbocycles. The molecule has 0 radical (unpaired) electrons. The Hall–Kier alpha value is -3.06. The number of nitrogens with zero attached hydrogens (tertiary/aromatic N) is 2. The second-order valence-corrected chi connectivity index (χ2v) is 8.12. The third-order valence-corrected chi connectivity index (χ3v) is 6.42. The number of anilines is 3. The van der Waals surface area contributed by atoms with Crippen LogP contribution in [-0.4, -0.2) is 28.4 Å². The fourth-order valence-electron chi connectivity index (χ4n) is 3.17. The summed E-state index contributed by atoms with van der Waals surface area (Å²) in [6.07, 6.45) is 0. The summed E-state index contributed by atoms with van der Waals surface area (Å²) in [5.74, 6) is -0.237. The standard InChI is InChI=1S/C19H17N3O3S/c1-21-17-11-10-14(12-18(17)22(2)26(21,24)25)20-19(23)16-9-5-7-13-6-3-4-8-15(13)16/h3-12H,1-2H3,(H,20,23). The molecule has 0 aliphatic carbocycles. The molecule has 0 atom stereocenters. The van der Waals surface area contributed by atoms with Gasteiger partial charge in [0.25, 0.3) is 5.91 Å². The maximum Gasteiger partial charge on any atom is 0.326 e. The van der Waals surface area contributed by atoms with Crippen LogP contribution in [-0.2, 0) is 10.2 Å². The molecule has 0 unspecified atom stereocenters. The summed E-state index contributed by atoms with van der Waals surface area (Å²) in [4.78, 5) is 12.7. The Balaban J connectivity index is 1.69. The van der Waals surface area contributed by atoms with Crippen molar-refractivity contribution in [3.63, 3.8) is 0 Å². The third kappa shape index (κ3) is 2.40. The summed E-state index contributed by atoms with van der Waals surface area (Å²) in [5.41, 5.74) is 2.22. The van der Waals surface area contributed by atoms with E-state index in [1.165, 1.54) is 22.7 Å². The molecule has 0 spiro atoms. The molecule has 1 aliphatic heterocycles. The van der Waals surface area contributed by atoms with E-state index in [1.54, 1.807) is 24.3 Å². The van der Waals surface area contributed by atoms with E-state index in [0.29, 0.717) is 22.6 Å². The van der Waals surface area contributed by atoms with Gasteiger partial charge in [0.15, 0.2) is 0 Å². The zero-order chi connectivity index (χ0) is 18.5. The predicted octanol–water partition coefficient (Wildman–Crippen LogP) is 3.22. The summed E-state index contributed by atoms with van der Waals surface area (Å²) in [6.45, 7) is 0. The van der Waals surface area contributed by atoms with E-state index in [4.69, 9.17) is 0 Å². The van der Waals surface area contributed by atoms with Crippen LogP contribution in [0.2, 0.25) is 0 Å². The van der Waals surface area contributed by atoms with Gasteiger partial charge in [0.05, 0.1) is 11.4 Å². The second-order valence-electron chi connectivity index (χ2n) is 6.13. The normalized spacial score (nSPS) is 15.2. The van der Waals surface area contributed by atoms with Crippen molar-refractivity contribution in [2.75, 3.05) is 28.0 Å². The summed E-state index contributed by atoms with van der Waals surface area (Å²) < 4.78 is 26.9. The molecule has 1 heterocycles. The molecule has 6 nitrogen and oxygen atoms in total. The zero-order valence-corrected chi connectivity index (χ0v) is 15.1. The van der Waals surface area contributed by atoms with Gasteiger partial charge in [-0.3, -0.25) is 13.4 Å². The number of carbonyl (C=O) groups is 1. The minimum atomic E-state index is -3.54. The van der Waals surface area contributed by atoms with E-state index in [0.717, 1.165) is 10.8 Å². The fraction of sp³-hybridized carbons (Fsp3) is 0.105. The first-order valence-electron chi connectivity index (χ1n) is 8.05. The van der Waals surface area contributed by atoms with Crippen LogP contribution in [0, 0.1) is 0 Å². The fourth-order valence-corrected chi connectivity index (χ4v) is 4.34. The number of nitrogens with one attached hydrogen (secondary N) is 1. The molecular formula is C19H17N3O3S. The Labute approximate surface area is 151 Å². The Morgan fingerprint density at radius 1 is 0.885 bits per heavy atom. The third-order valence-electron chi connectivity index (χ3n) is 4.64. The van der Waals surface area contributed by atoms with Gasteiger partial charge >= 0.3 is 10.2 Å². The van der Waals surface area contributed by atoms with Crippen molar-refractivity contribution < 1.29 is 13.2 Å². The first-order chi connectivity index (χ1) is 12.4. The molecule has 0 aromatic heterocycles. The van der Waals surface area contributed by atoms with Gasteiger partial charge in [0.1, 0.15) is 0 Å². The summed E-state index contributed by atoms with van der Waals surface area (Å²) in [5, 5.41) is 4.72. The number of fused-ring (bicyclic) bond motifs is 2. The van der Waals surface area contributed by atoms with Crippen molar-refractivity contribution in [1.29, 1.82) is 0 Å². The lowest BCUT2D eigenvalue weighted by molar-refractivity contribution is 0.102.